The third-order valence-electron chi connectivity index (χ3n) is 7.59. The number of methoxy groups -OCH3 is 1. The van der Waals surface area contributed by atoms with Crippen LogP contribution in [0.1, 0.15) is 59.8 Å². The van der Waals surface area contributed by atoms with Gasteiger partial charge in [0, 0.05) is 48.0 Å². The zero-order chi connectivity index (χ0) is 35.6. The highest BCUT2D eigenvalue weighted by Crippen LogP contribution is 2.19. The van der Waals surface area contributed by atoms with Crippen LogP contribution >= 0.6 is 11.3 Å². The minimum Gasteiger partial charge on any atom is -0.465 e. The number of esters is 1. The first-order valence-electron chi connectivity index (χ1n) is 15.6. The first kappa shape index (κ1) is 37.2. The van der Waals surface area contributed by atoms with Crippen molar-refractivity contribution in [3.63, 3.8) is 0 Å². The van der Waals surface area contributed by atoms with Crippen LogP contribution < -0.4 is 15.4 Å². The Morgan fingerprint density at radius 2 is 1.71 bits per heavy atom. The summed E-state index contributed by atoms with van der Waals surface area (Å²) >= 11 is 1.48. The summed E-state index contributed by atoms with van der Waals surface area (Å²) in [6, 6.07) is 19.7. The van der Waals surface area contributed by atoms with Crippen LogP contribution in [-0.4, -0.2) is 79.8 Å². The highest BCUT2D eigenvalue weighted by molar-refractivity contribution is 7.92. The summed E-state index contributed by atoms with van der Waals surface area (Å²) in [5.74, 6) is -1.48. The summed E-state index contributed by atoms with van der Waals surface area (Å²) in [5.41, 5.74) is 3.35. The number of aryl methyl sites for hydroxylation is 1. The van der Waals surface area contributed by atoms with E-state index in [9.17, 15) is 27.9 Å². The smallest absolute Gasteiger partial charge is 0.337 e. The van der Waals surface area contributed by atoms with Gasteiger partial charge in [0.15, 0.2) is 0 Å². The van der Waals surface area contributed by atoms with Gasteiger partial charge >= 0.3 is 5.97 Å². The Labute approximate surface area is 290 Å². The Morgan fingerprint density at radius 1 is 0.980 bits per heavy atom. The number of carbonyl (C=O) groups is 3. The van der Waals surface area contributed by atoms with Crippen molar-refractivity contribution in [3.05, 3.63) is 117 Å². The predicted octanol–water partition coefficient (Wildman–Crippen LogP) is 3.76. The summed E-state index contributed by atoms with van der Waals surface area (Å²) < 4.78 is 31.6. The van der Waals surface area contributed by atoms with E-state index < -0.39 is 34.0 Å². The van der Waals surface area contributed by atoms with E-state index in [1.165, 1.54) is 37.5 Å². The molecular weight excluding hydrogens is 667 g/mol. The van der Waals surface area contributed by atoms with E-state index in [4.69, 9.17) is 4.74 Å². The van der Waals surface area contributed by atoms with Gasteiger partial charge < -0.3 is 25.4 Å². The number of benzene rings is 3. The molecule has 2 unspecified atom stereocenters. The Hall–Kier alpha value is -4.63. The van der Waals surface area contributed by atoms with Crippen LogP contribution in [0.3, 0.4) is 0 Å². The fraction of sp³-hybridized carbons (Fsp3) is 0.314. The average molecular weight is 708 g/mol. The number of hydrogen-bond acceptors (Lipinski definition) is 10. The molecule has 49 heavy (non-hydrogen) atoms. The van der Waals surface area contributed by atoms with Gasteiger partial charge in [-0.15, -0.1) is 11.3 Å². The largest absolute Gasteiger partial charge is 0.465 e. The van der Waals surface area contributed by atoms with Gasteiger partial charge in [0.05, 0.1) is 37.1 Å². The maximum absolute atomic E-state index is 13.5. The summed E-state index contributed by atoms with van der Waals surface area (Å²) in [7, 11) is -0.682. The second-order valence-corrected chi connectivity index (χ2v) is 14.5. The lowest BCUT2D eigenvalue weighted by Crippen LogP contribution is -2.48. The van der Waals surface area contributed by atoms with Gasteiger partial charge in [-0.1, -0.05) is 36.4 Å². The highest BCUT2D eigenvalue weighted by Gasteiger charge is 2.24. The quantitative estimate of drug-likeness (QED) is 0.127. The predicted molar refractivity (Wildman–Crippen MR) is 189 cm³/mol. The molecule has 4 aromatic rings. The lowest BCUT2D eigenvalue weighted by molar-refractivity contribution is 0.0600. The standard InChI is InChI=1S/C35H41N5O7S2/c1-5-49(45,46)39-29-15-25(14-28(18-29)35(44)47-4)19-36-20-31(41)30(16-24-10-7-6-8-11-24)38-33(42)26-12-9-13-27(17-26)34(43)40(3)21-32-37-23(2)22-48-32/h6-15,17-18,22,30-31,36,39,41H,5,16,19-21H2,1-4H3,(H,38,42). The number of amides is 2. The normalized spacial score (nSPS) is 12.5. The van der Waals surface area contributed by atoms with Gasteiger partial charge in [0.2, 0.25) is 10.0 Å². The molecule has 0 spiro atoms. The van der Waals surface area contributed by atoms with Gasteiger partial charge in [-0.3, -0.25) is 14.3 Å². The molecule has 1 heterocycles. The zero-order valence-corrected chi connectivity index (χ0v) is 29.4. The van der Waals surface area contributed by atoms with Crippen LogP contribution in [-0.2, 0) is 34.3 Å². The number of rotatable bonds is 16. The minimum absolute atomic E-state index is 0.0514. The van der Waals surface area contributed by atoms with E-state index in [2.05, 4.69) is 20.3 Å². The van der Waals surface area contributed by atoms with Crippen LogP contribution in [0.15, 0.2) is 78.2 Å². The molecule has 4 rings (SSSR count). The zero-order valence-electron chi connectivity index (χ0n) is 27.8. The molecule has 1 aromatic heterocycles. The van der Waals surface area contributed by atoms with Crippen LogP contribution in [0.4, 0.5) is 5.69 Å². The molecule has 0 radical (unpaired) electrons. The van der Waals surface area contributed by atoms with E-state index in [1.54, 1.807) is 42.3 Å². The van der Waals surface area contributed by atoms with Gasteiger partial charge in [-0.25, -0.2) is 18.2 Å². The first-order chi connectivity index (χ1) is 23.4. The van der Waals surface area contributed by atoms with E-state index in [1.807, 2.05) is 42.6 Å². The molecule has 0 saturated carbocycles. The molecule has 12 nitrogen and oxygen atoms in total. The van der Waals surface area contributed by atoms with Crippen molar-refractivity contribution in [2.75, 3.05) is 31.2 Å². The van der Waals surface area contributed by atoms with Crippen LogP contribution in [0.5, 0.6) is 0 Å². The van der Waals surface area contributed by atoms with Crippen molar-refractivity contribution in [1.29, 1.82) is 0 Å². The lowest BCUT2D eigenvalue weighted by atomic mass is 10.00. The number of carbonyl (C=O) groups excluding carboxylic acids is 3. The Kier molecular flexibility index (Phi) is 13.0. The fourth-order valence-electron chi connectivity index (χ4n) is 5.01. The third-order valence-corrected chi connectivity index (χ3v) is 9.84. The highest BCUT2D eigenvalue weighted by atomic mass is 32.2. The Morgan fingerprint density at radius 3 is 2.39 bits per heavy atom. The number of sulfonamides is 1. The summed E-state index contributed by atoms with van der Waals surface area (Å²) in [6.07, 6.45) is -0.728. The Balaban J connectivity index is 1.46. The van der Waals surface area contributed by atoms with E-state index in [0.29, 0.717) is 24.1 Å². The van der Waals surface area contributed by atoms with Crippen LogP contribution in [0.25, 0.3) is 0 Å². The summed E-state index contributed by atoms with van der Waals surface area (Å²) in [4.78, 5) is 44.9. The van der Waals surface area contributed by atoms with Crippen molar-refractivity contribution in [2.45, 2.75) is 45.5 Å². The van der Waals surface area contributed by atoms with E-state index in [0.717, 1.165) is 16.3 Å². The topological polar surface area (TPSA) is 167 Å². The van der Waals surface area contributed by atoms with Crippen molar-refractivity contribution in [1.82, 2.24) is 20.5 Å². The van der Waals surface area contributed by atoms with Crippen LogP contribution in [0.2, 0.25) is 0 Å². The molecule has 0 bridgehead atoms. The molecule has 0 aliphatic rings. The molecule has 260 valence electrons. The summed E-state index contributed by atoms with van der Waals surface area (Å²) in [6.45, 7) is 3.96. The molecule has 0 saturated heterocycles. The fourth-order valence-corrected chi connectivity index (χ4v) is 6.46. The number of anilines is 1. The average Bonchev–Trinajstić information content (AvgIpc) is 3.51. The molecule has 2 amide bonds. The van der Waals surface area contributed by atoms with Crippen molar-refractivity contribution >= 4 is 44.8 Å². The number of thiazole rings is 1. The minimum atomic E-state index is -3.60. The number of aromatic nitrogens is 1. The number of hydrogen-bond donors (Lipinski definition) is 4. The SMILES string of the molecule is CCS(=O)(=O)Nc1cc(CNCC(O)C(Cc2ccccc2)NC(=O)c2cccc(C(=O)N(C)Cc3nc(C)cs3)c2)cc(C(=O)OC)c1. The van der Waals surface area contributed by atoms with Crippen LogP contribution in [0, 0.1) is 6.92 Å². The van der Waals surface area contributed by atoms with Crippen molar-refractivity contribution in [2.24, 2.45) is 0 Å². The molecule has 4 N–H and O–H groups in total. The second kappa shape index (κ2) is 17.2. The summed E-state index contributed by atoms with van der Waals surface area (Å²) in [5, 5.41) is 20.1. The lowest BCUT2D eigenvalue weighted by Gasteiger charge is -2.25. The van der Waals surface area contributed by atoms with Gasteiger partial charge in [-0.05, 0) is 67.8 Å². The first-order valence-corrected chi connectivity index (χ1v) is 18.1. The van der Waals surface area contributed by atoms with E-state index in [-0.39, 0.29) is 41.6 Å². The van der Waals surface area contributed by atoms with Crippen molar-refractivity contribution < 1.29 is 32.6 Å². The molecular formula is C35H41N5O7S2. The maximum Gasteiger partial charge on any atom is 0.337 e. The molecule has 0 aliphatic heterocycles. The number of ether oxygens (including phenoxy) is 1. The number of aliphatic hydroxyl groups excluding tert-OH is 1. The van der Waals surface area contributed by atoms with Gasteiger partial charge in [0.1, 0.15) is 5.01 Å². The number of aliphatic hydroxyl groups is 1. The van der Waals surface area contributed by atoms with Crippen molar-refractivity contribution in [3.8, 4) is 0 Å². The molecule has 14 heteroatoms. The maximum atomic E-state index is 13.5. The monoisotopic (exact) mass is 707 g/mol. The number of nitrogens with zero attached hydrogens (tertiary/aromatic N) is 2. The van der Waals surface area contributed by atoms with Gasteiger partial charge in [0.25, 0.3) is 11.8 Å². The molecule has 0 aliphatic carbocycles. The molecule has 3 aromatic carbocycles. The van der Waals surface area contributed by atoms with Gasteiger partial charge in [-0.2, -0.15) is 0 Å². The van der Waals surface area contributed by atoms with E-state index >= 15 is 0 Å². The second-order valence-electron chi connectivity index (χ2n) is 11.5. The number of nitrogens with one attached hydrogen (secondary N) is 3. The Bertz CT molecular complexity index is 1860. The molecule has 2 atom stereocenters. The molecule has 0 fully saturated rings. The third kappa shape index (κ3) is 10.9.